The summed E-state index contributed by atoms with van der Waals surface area (Å²) >= 11 is 0. The molecule has 3 aromatic carbocycles. The van der Waals surface area contributed by atoms with Gasteiger partial charge in [0.05, 0.1) is 20.0 Å². The van der Waals surface area contributed by atoms with Crippen LogP contribution in [0.1, 0.15) is 44.7 Å². The Balaban J connectivity index is 1.69. The normalized spacial score (nSPS) is 11.7. The number of rotatable bonds is 8. The average Bonchev–Trinajstić information content (AvgIpc) is 3.26. The molecule has 5 heteroatoms. The lowest BCUT2D eigenvalue weighted by molar-refractivity contribution is -0.111. The largest absolute Gasteiger partial charge is 0.496 e. The predicted molar refractivity (Wildman–Crippen MR) is 142 cm³/mol. The van der Waals surface area contributed by atoms with E-state index in [-0.39, 0.29) is 5.91 Å². The predicted octanol–water partition coefficient (Wildman–Crippen LogP) is 7.67. The highest BCUT2D eigenvalue weighted by molar-refractivity contribution is 6.05. The first kappa shape index (κ1) is 24.1. The first-order chi connectivity index (χ1) is 16.9. The summed E-state index contributed by atoms with van der Waals surface area (Å²) in [6.45, 7) is 8.63. The fourth-order valence-corrected chi connectivity index (χ4v) is 4.12. The second-order valence-corrected chi connectivity index (χ2v) is 8.72. The molecule has 180 valence electrons. The van der Waals surface area contributed by atoms with Crippen LogP contribution in [0, 0.1) is 0 Å². The maximum Gasteiger partial charge on any atom is 0.248 e. The molecule has 1 aromatic heterocycles. The summed E-state index contributed by atoms with van der Waals surface area (Å²) in [5.41, 5.74) is 6.19. The summed E-state index contributed by atoms with van der Waals surface area (Å²) in [6, 6.07) is 19.7. The molecule has 0 fully saturated rings. The molecule has 0 saturated heterocycles. The third kappa shape index (κ3) is 5.24. The maximum atomic E-state index is 12.8. The number of hydrogen-bond acceptors (Lipinski definition) is 4. The van der Waals surface area contributed by atoms with E-state index in [2.05, 4.69) is 19.2 Å². The number of furan rings is 1. The first-order valence-electron chi connectivity index (χ1n) is 11.8. The molecule has 4 rings (SSSR count). The van der Waals surface area contributed by atoms with Gasteiger partial charge in [0.2, 0.25) is 5.91 Å². The van der Waals surface area contributed by atoms with Crippen LogP contribution in [0.25, 0.3) is 27.7 Å². The number of nitrogens with one attached hydrogen (secondary N) is 1. The number of fused-ring (bicyclic) bond motifs is 1. The zero-order chi connectivity index (χ0) is 24.9. The van der Waals surface area contributed by atoms with Crippen LogP contribution in [0.15, 0.2) is 77.4 Å². The Bertz CT molecular complexity index is 1360. The number of carbonyl (C=O) groups is 1. The van der Waals surface area contributed by atoms with Gasteiger partial charge >= 0.3 is 0 Å². The molecule has 1 N–H and O–H groups in total. The third-order valence-corrected chi connectivity index (χ3v) is 5.99. The number of methoxy groups -OCH3 is 1. The van der Waals surface area contributed by atoms with Crippen LogP contribution in [0.2, 0.25) is 0 Å². The van der Waals surface area contributed by atoms with Crippen LogP contribution in [-0.4, -0.2) is 19.6 Å². The van der Waals surface area contributed by atoms with Crippen molar-refractivity contribution in [3.63, 3.8) is 0 Å². The minimum Gasteiger partial charge on any atom is -0.496 e. The number of benzene rings is 3. The van der Waals surface area contributed by atoms with Gasteiger partial charge in [-0.1, -0.05) is 44.2 Å². The molecule has 4 aromatic rings. The Morgan fingerprint density at radius 3 is 2.46 bits per heavy atom. The third-order valence-electron chi connectivity index (χ3n) is 5.99. The van der Waals surface area contributed by atoms with Crippen LogP contribution in [-0.2, 0) is 4.79 Å². The molecule has 0 aliphatic heterocycles. The number of allylic oxidation sites excluding steroid dienone is 1. The van der Waals surface area contributed by atoms with E-state index in [1.54, 1.807) is 19.4 Å². The molecule has 5 nitrogen and oxygen atoms in total. The van der Waals surface area contributed by atoms with Crippen molar-refractivity contribution in [2.24, 2.45) is 0 Å². The Morgan fingerprint density at radius 1 is 1.03 bits per heavy atom. The number of ether oxygens (including phenoxy) is 2. The molecular weight excluding hydrogens is 438 g/mol. The lowest BCUT2D eigenvalue weighted by atomic mass is 9.98. The monoisotopic (exact) mass is 469 g/mol. The highest BCUT2D eigenvalue weighted by Crippen LogP contribution is 2.40. The second-order valence-electron chi connectivity index (χ2n) is 8.72. The molecule has 0 atom stereocenters. The summed E-state index contributed by atoms with van der Waals surface area (Å²) in [5, 5.41) is 3.88. The van der Waals surface area contributed by atoms with Crippen molar-refractivity contribution in [3.8, 4) is 22.6 Å². The summed E-state index contributed by atoms with van der Waals surface area (Å²) in [4.78, 5) is 12.8. The van der Waals surface area contributed by atoms with Crippen LogP contribution < -0.4 is 14.8 Å². The van der Waals surface area contributed by atoms with Crippen molar-refractivity contribution in [2.75, 3.05) is 19.0 Å². The summed E-state index contributed by atoms with van der Waals surface area (Å²) < 4.78 is 17.3. The molecule has 0 radical (unpaired) electrons. The number of anilines is 1. The van der Waals surface area contributed by atoms with Crippen molar-refractivity contribution in [1.82, 2.24) is 0 Å². The van der Waals surface area contributed by atoms with E-state index in [1.165, 1.54) is 5.56 Å². The molecule has 1 heterocycles. The van der Waals surface area contributed by atoms with E-state index >= 15 is 0 Å². The molecular formula is C30H31NO4. The highest BCUT2D eigenvalue weighted by Gasteiger charge is 2.17. The smallest absolute Gasteiger partial charge is 0.248 e. The zero-order valence-electron chi connectivity index (χ0n) is 20.8. The number of carbonyl (C=O) groups excluding carboxylic acids is 1. The van der Waals surface area contributed by atoms with Crippen LogP contribution >= 0.6 is 0 Å². The Labute approximate surface area is 206 Å². The Kier molecular flexibility index (Phi) is 7.25. The maximum absolute atomic E-state index is 12.8. The van der Waals surface area contributed by atoms with Crippen LogP contribution in [0.4, 0.5) is 5.69 Å². The number of para-hydroxylation sites is 1. The molecule has 0 saturated carbocycles. The van der Waals surface area contributed by atoms with Gasteiger partial charge in [0.15, 0.2) is 0 Å². The summed E-state index contributed by atoms with van der Waals surface area (Å²) in [6.07, 6.45) is 3.33. The van der Waals surface area contributed by atoms with Crippen molar-refractivity contribution in [2.45, 2.75) is 33.6 Å². The second kappa shape index (κ2) is 10.5. The van der Waals surface area contributed by atoms with Gasteiger partial charge in [0.25, 0.3) is 0 Å². The SMILES string of the molecule is CCOc1cc2occ(-c3ccccc3OC)c2cc1/C(C)=C/C(=O)Nc1ccc(C(C)C)cc1. The average molecular weight is 470 g/mol. The van der Waals surface area contributed by atoms with E-state index in [1.807, 2.05) is 74.5 Å². The number of amides is 1. The molecule has 0 aliphatic rings. The minimum absolute atomic E-state index is 0.195. The summed E-state index contributed by atoms with van der Waals surface area (Å²) in [5.74, 6) is 1.68. The van der Waals surface area contributed by atoms with E-state index in [0.717, 1.165) is 39.1 Å². The van der Waals surface area contributed by atoms with Gasteiger partial charge in [-0.05, 0) is 55.2 Å². The van der Waals surface area contributed by atoms with Gasteiger partial charge in [0.1, 0.15) is 17.1 Å². The molecule has 35 heavy (non-hydrogen) atoms. The number of hydrogen-bond donors (Lipinski definition) is 1. The van der Waals surface area contributed by atoms with Crippen LogP contribution in [0.5, 0.6) is 11.5 Å². The highest BCUT2D eigenvalue weighted by atomic mass is 16.5. The van der Waals surface area contributed by atoms with Crippen molar-refractivity contribution in [1.29, 1.82) is 0 Å². The van der Waals surface area contributed by atoms with Gasteiger partial charge in [-0.3, -0.25) is 4.79 Å². The molecule has 0 unspecified atom stereocenters. The van der Waals surface area contributed by atoms with E-state index in [9.17, 15) is 4.79 Å². The molecule has 0 bridgehead atoms. The summed E-state index contributed by atoms with van der Waals surface area (Å²) in [7, 11) is 1.65. The molecule has 0 aliphatic carbocycles. The van der Waals surface area contributed by atoms with E-state index in [4.69, 9.17) is 13.9 Å². The zero-order valence-corrected chi connectivity index (χ0v) is 20.8. The topological polar surface area (TPSA) is 60.7 Å². The van der Waals surface area contributed by atoms with Crippen LogP contribution in [0.3, 0.4) is 0 Å². The van der Waals surface area contributed by atoms with Crippen molar-refractivity contribution < 1.29 is 18.7 Å². The Morgan fingerprint density at radius 2 is 1.77 bits per heavy atom. The van der Waals surface area contributed by atoms with Crippen molar-refractivity contribution >= 4 is 28.1 Å². The minimum atomic E-state index is -0.195. The lowest BCUT2D eigenvalue weighted by Gasteiger charge is -2.12. The van der Waals surface area contributed by atoms with Gasteiger partial charge in [-0.2, -0.15) is 0 Å². The fourth-order valence-electron chi connectivity index (χ4n) is 4.12. The lowest BCUT2D eigenvalue weighted by Crippen LogP contribution is -2.09. The van der Waals surface area contributed by atoms with Gasteiger partial charge in [-0.15, -0.1) is 0 Å². The first-order valence-corrected chi connectivity index (χ1v) is 11.8. The standard InChI is InChI=1S/C30H31NO4/c1-6-34-28-17-29-25(26(18-35-29)23-9-7-8-10-27(23)33-5)16-24(28)20(4)15-30(32)31-22-13-11-21(12-14-22)19(2)3/h7-19H,6H2,1-5H3,(H,31,32)/b20-15+. The molecule has 0 spiro atoms. The van der Waals surface area contributed by atoms with Gasteiger partial charge in [-0.25, -0.2) is 0 Å². The fraction of sp³-hybridized carbons (Fsp3) is 0.233. The van der Waals surface area contributed by atoms with Gasteiger partial charge in [0, 0.05) is 39.9 Å². The van der Waals surface area contributed by atoms with E-state index in [0.29, 0.717) is 23.9 Å². The Hall–Kier alpha value is -3.99. The van der Waals surface area contributed by atoms with E-state index < -0.39 is 0 Å². The quantitative estimate of drug-likeness (QED) is 0.269. The van der Waals surface area contributed by atoms with Crippen molar-refractivity contribution in [3.05, 3.63) is 84.1 Å². The van der Waals surface area contributed by atoms with Gasteiger partial charge < -0.3 is 19.2 Å². The molecule has 1 amide bonds.